The normalized spacial score (nSPS) is 10.4. The molecule has 3 nitrogen and oxygen atoms in total. The second kappa shape index (κ2) is 6.99. The first-order valence-electron chi connectivity index (χ1n) is 6.96. The smallest absolute Gasteiger partial charge is 0.258 e. The average Bonchev–Trinajstić information content (AvgIpc) is 2.51. The van der Waals surface area contributed by atoms with Gasteiger partial charge in [0.15, 0.2) is 0 Å². The lowest BCUT2D eigenvalue weighted by atomic mass is 10.1. The summed E-state index contributed by atoms with van der Waals surface area (Å²) in [7, 11) is 0. The van der Waals surface area contributed by atoms with E-state index in [4.69, 9.17) is 5.73 Å². The van der Waals surface area contributed by atoms with Crippen molar-refractivity contribution in [2.75, 3.05) is 18.0 Å². The van der Waals surface area contributed by atoms with Crippen LogP contribution in [0, 0.1) is 12.7 Å². The molecule has 0 saturated heterocycles. The van der Waals surface area contributed by atoms with Gasteiger partial charge in [0.1, 0.15) is 5.82 Å². The van der Waals surface area contributed by atoms with Crippen LogP contribution in [0.5, 0.6) is 0 Å². The summed E-state index contributed by atoms with van der Waals surface area (Å²) in [5.74, 6) is -0.447. The SMILES string of the molecule is Cc1cc(C(=O)N(CCCN)c2ccccc2)ccc1F. The number of benzene rings is 2. The van der Waals surface area contributed by atoms with Crippen LogP contribution in [-0.2, 0) is 0 Å². The van der Waals surface area contributed by atoms with Gasteiger partial charge in [-0.25, -0.2) is 4.39 Å². The Kier molecular flexibility index (Phi) is 5.06. The van der Waals surface area contributed by atoms with Crippen molar-refractivity contribution in [3.8, 4) is 0 Å². The van der Waals surface area contributed by atoms with Crippen molar-refractivity contribution in [3.63, 3.8) is 0 Å². The summed E-state index contributed by atoms with van der Waals surface area (Å²) in [6, 6.07) is 13.8. The summed E-state index contributed by atoms with van der Waals surface area (Å²) >= 11 is 0. The molecule has 2 N–H and O–H groups in total. The predicted octanol–water partition coefficient (Wildman–Crippen LogP) is 3.13. The summed E-state index contributed by atoms with van der Waals surface area (Å²) in [5.41, 5.74) is 7.31. The maximum absolute atomic E-state index is 13.3. The molecule has 0 saturated carbocycles. The highest BCUT2D eigenvalue weighted by Crippen LogP contribution is 2.18. The lowest BCUT2D eigenvalue weighted by Gasteiger charge is -2.23. The van der Waals surface area contributed by atoms with Gasteiger partial charge in [0.25, 0.3) is 5.91 Å². The van der Waals surface area contributed by atoms with Crippen LogP contribution in [0.2, 0.25) is 0 Å². The number of nitrogens with two attached hydrogens (primary N) is 1. The number of para-hydroxylation sites is 1. The third kappa shape index (κ3) is 3.67. The Morgan fingerprint density at radius 1 is 1.19 bits per heavy atom. The van der Waals surface area contributed by atoms with E-state index in [9.17, 15) is 9.18 Å². The van der Waals surface area contributed by atoms with Crippen molar-refractivity contribution in [2.24, 2.45) is 5.73 Å². The van der Waals surface area contributed by atoms with Crippen molar-refractivity contribution in [1.82, 2.24) is 0 Å². The molecule has 0 aliphatic heterocycles. The molecular formula is C17H19FN2O. The molecule has 0 unspecified atom stereocenters. The van der Waals surface area contributed by atoms with E-state index in [1.807, 2.05) is 30.3 Å². The first-order valence-corrected chi connectivity index (χ1v) is 6.96. The Morgan fingerprint density at radius 2 is 1.90 bits per heavy atom. The van der Waals surface area contributed by atoms with E-state index in [-0.39, 0.29) is 11.7 Å². The highest BCUT2D eigenvalue weighted by atomic mass is 19.1. The van der Waals surface area contributed by atoms with Crippen LogP contribution in [0.25, 0.3) is 0 Å². The van der Waals surface area contributed by atoms with Gasteiger partial charge >= 0.3 is 0 Å². The van der Waals surface area contributed by atoms with Crippen LogP contribution in [-0.4, -0.2) is 19.0 Å². The van der Waals surface area contributed by atoms with Crippen molar-refractivity contribution in [2.45, 2.75) is 13.3 Å². The first kappa shape index (κ1) is 15.2. The van der Waals surface area contributed by atoms with E-state index in [2.05, 4.69) is 0 Å². The molecule has 0 radical (unpaired) electrons. The van der Waals surface area contributed by atoms with Crippen molar-refractivity contribution in [1.29, 1.82) is 0 Å². The molecule has 110 valence electrons. The van der Waals surface area contributed by atoms with Crippen LogP contribution >= 0.6 is 0 Å². The molecule has 21 heavy (non-hydrogen) atoms. The number of carbonyl (C=O) groups is 1. The number of halogens is 1. The number of nitrogens with zero attached hydrogens (tertiary/aromatic N) is 1. The summed E-state index contributed by atoms with van der Waals surface area (Å²) in [6.07, 6.45) is 0.709. The van der Waals surface area contributed by atoms with Crippen LogP contribution in [0.1, 0.15) is 22.3 Å². The molecule has 0 bridgehead atoms. The number of amides is 1. The summed E-state index contributed by atoms with van der Waals surface area (Å²) in [5, 5.41) is 0. The van der Waals surface area contributed by atoms with Crippen LogP contribution in [0.3, 0.4) is 0 Å². The molecule has 0 aliphatic rings. The topological polar surface area (TPSA) is 46.3 Å². The van der Waals surface area contributed by atoms with Crippen molar-refractivity contribution >= 4 is 11.6 Å². The highest BCUT2D eigenvalue weighted by molar-refractivity contribution is 6.06. The minimum atomic E-state index is -0.306. The van der Waals surface area contributed by atoms with E-state index in [1.165, 1.54) is 12.1 Å². The third-order valence-corrected chi connectivity index (χ3v) is 3.30. The Labute approximate surface area is 124 Å². The van der Waals surface area contributed by atoms with Crippen molar-refractivity contribution in [3.05, 3.63) is 65.5 Å². The second-order valence-electron chi connectivity index (χ2n) is 4.90. The zero-order valence-corrected chi connectivity index (χ0v) is 12.1. The van der Waals surface area contributed by atoms with E-state index < -0.39 is 0 Å². The molecule has 0 spiro atoms. The molecule has 0 fully saturated rings. The average molecular weight is 286 g/mol. The minimum Gasteiger partial charge on any atom is -0.330 e. The number of hydrogen-bond acceptors (Lipinski definition) is 2. The molecule has 0 atom stereocenters. The van der Waals surface area contributed by atoms with Gasteiger partial charge in [0.2, 0.25) is 0 Å². The molecule has 1 amide bonds. The van der Waals surface area contributed by atoms with E-state index >= 15 is 0 Å². The number of rotatable bonds is 5. The largest absolute Gasteiger partial charge is 0.330 e. The minimum absolute atomic E-state index is 0.141. The zero-order valence-electron chi connectivity index (χ0n) is 12.1. The van der Waals surface area contributed by atoms with Gasteiger partial charge in [0.05, 0.1) is 0 Å². The molecular weight excluding hydrogens is 267 g/mol. The standard InChI is InChI=1S/C17H19FN2O/c1-13-12-14(8-9-16(13)18)17(21)20(11-5-10-19)15-6-3-2-4-7-15/h2-4,6-9,12H,5,10-11,19H2,1H3. The summed E-state index contributed by atoms with van der Waals surface area (Å²) in [6.45, 7) is 2.70. The number of hydrogen-bond donors (Lipinski definition) is 1. The number of anilines is 1. The molecule has 0 aromatic heterocycles. The lowest BCUT2D eigenvalue weighted by Crippen LogP contribution is -2.33. The quantitative estimate of drug-likeness (QED) is 0.918. The van der Waals surface area contributed by atoms with Crippen molar-refractivity contribution < 1.29 is 9.18 Å². The van der Waals surface area contributed by atoms with Gasteiger partial charge in [-0.05, 0) is 55.8 Å². The summed E-state index contributed by atoms with van der Waals surface area (Å²) in [4.78, 5) is 14.4. The fourth-order valence-electron chi connectivity index (χ4n) is 2.14. The van der Waals surface area contributed by atoms with Gasteiger partial charge in [-0.1, -0.05) is 18.2 Å². The molecule has 4 heteroatoms. The lowest BCUT2D eigenvalue weighted by molar-refractivity contribution is 0.0986. The molecule has 0 heterocycles. The first-order chi connectivity index (χ1) is 10.1. The maximum Gasteiger partial charge on any atom is 0.258 e. The monoisotopic (exact) mass is 286 g/mol. The van der Waals surface area contributed by atoms with E-state index in [0.717, 1.165) is 5.69 Å². The van der Waals surface area contributed by atoms with Crippen LogP contribution in [0.4, 0.5) is 10.1 Å². The maximum atomic E-state index is 13.3. The molecule has 2 aromatic carbocycles. The van der Waals surface area contributed by atoms with Gasteiger partial charge < -0.3 is 10.6 Å². The fraction of sp³-hybridized carbons (Fsp3) is 0.235. The Hall–Kier alpha value is -2.20. The van der Waals surface area contributed by atoms with E-state index in [0.29, 0.717) is 30.6 Å². The highest BCUT2D eigenvalue weighted by Gasteiger charge is 2.17. The Bertz CT molecular complexity index is 613. The zero-order chi connectivity index (χ0) is 15.2. The molecule has 2 rings (SSSR count). The summed E-state index contributed by atoms with van der Waals surface area (Å²) < 4.78 is 13.3. The van der Waals surface area contributed by atoms with Gasteiger partial charge in [-0.3, -0.25) is 4.79 Å². The predicted molar refractivity (Wildman–Crippen MR) is 82.9 cm³/mol. The van der Waals surface area contributed by atoms with Crippen LogP contribution < -0.4 is 10.6 Å². The number of carbonyl (C=O) groups excluding carboxylic acids is 1. The Morgan fingerprint density at radius 3 is 2.52 bits per heavy atom. The van der Waals surface area contributed by atoms with Gasteiger partial charge in [-0.2, -0.15) is 0 Å². The van der Waals surface area contributed by atoms with Gasteiger partial charge in [0, 0.05) is 17.8 Å². The molecule has 2 aromatic rings. The Balaban J connectivity index is 2.31. The van der Waals surface area contributed by atoms with Crippen LogP contribution in [0.15, 0.2) is 48.5 Å². The fourth-order valence-corrected chi connectivity index (χ4v) is 2.14. The number of aryl methyl sites for hydroxylation is 1. The van der Waals surface area contributed by atoms with E-state index in [1.54, 1.807) is 17.9 Å². The van der Waals surface area contributed by atoms with Gasteiger partial charge in [-0.15, -0.1) is 0 Å². The third-order valence-electron chi connectivity index (χ3n) is 3.30. The second-order valence-corrected chi connectivity index (χ2v) is 4.90. The molecule has 0 aliphatic carbocycles.